The maximum absolute atomic E-state index is 11.8. The molecule has 3 rings (SSSR count). The summed E-state index contributed by atoms with van der Waals surface area (Å²) in [5.41, 5.74) is -0.276. The average Bonchev–Trinajstić information content (AvgIpc) is 2.98. The molecule has 0 aliphatic carbocycles. The molecule has 1 N–H and O–H groups in total. The first-order valence-electron chi connectivity index (χ1n) is 15.3. The van der Waals surface area contributed by atoms with Crippen molar-refractivity contribution in [2.45, 2.75) is 103 Å². The van der Waals surface area contributed by atoms with Crippen LogP contribution < -0.4 is 14.4 Å². The normalized spacial score (nSPS) is 10.5. The van der Waals surface area contributed by atoms with Crippen LogP contribution in [0.3, 0.4) is 0 Å². The van der Waals surface area contributed by atoms with Crippen LogP contribution in [0.15, 0.2) is 79.1 Å². The second-order valence-electron chi connectivity index (χ2n) is 10.4. The van der Waals surface area contributed by atoms with Gasteiger partial charge in [0.2, 0.25) is 0 Å². The molecule has 1 aromatic heterocycles. The first kappa shape index (κ1) is 33.5. The van der Waals surface area contributed by atoms with E-state index in [1.807, 2.05) is 0 Å². The molecule has 0 atom stereocenters. The lowest BCUT2D eigenvalue weighted by Gasteiger charge is -2.10. The first-order chi connectivity index (χ1) is 20.0. The molecule has 0 saturated heterocycles. The summed E-state index contributed by atoms with van der Waals surface area (Å²) in [4.78, 5) is 22.7. The SMILES string of the molecule is CCCCCCCCCCCCCCCC[n+]1ccccc1.O=C(Oc1ccccc1C(=O)[O-])c1ccccc1O. The van der Waals surface area contributed by atoms with Crippen LogP contribution in [0.2, 0.25) is 0 Å². The monoisotopic (exact) mass is 561 g/mol. The Hall–Kier alpha value is -3.67. The minimum atomic E-state index is -1.44. The zero-order valence-corrected chi connectivity index (χ0v) is 24.6. The predicted molar refractivity (Wildman–Crippen MR) is 161 cm³/mol. The molecule has 1 heterocycles. The zero-order chi connectivity index (χ0) is 29.5. The lowest BCUT2D eigenvalue weighted by molar-refractivity contribution is -0.697. The number of benzene rings is 2. The molecule has 0 fully saturated rings. The Morgan fingerprint density at radius 3 is 1.68 bits per heavy atom. The van der Waals surface area contributed by atoms with Gasteiger partial charge in [-0.05, 0) is 30.7 Å². The third-order valence-corrected chi connectivity index (χ3v) is 6.98. The molecule has 222 valence electrons. The number of hydrogen-bond donors (Lipinski definition) is 1. The van der Waals surface area contributed by atoms with Crippen molar-refractivity contribution in [3.63, 3.8) is 0 Å². The number of unbranched alkanes of at least 4 members (excludes halogenated alkanes) is 13. The van der Waals surface area contributed by atoms with E-state index in [1.54, 1.807) is 12.1 Å². The summed E-state index contributed by atoms with van der Waals surface area (Å²) in [6.07, 6.45) is 24.4. The molecule has 0 spiro atoms. The van der Waals surface area contributed by atoms with Crippen molar-refractivity contribution in [3.05, 3.63) is 90.3 Å². The summed E-state index contributed by atoms with van der Waals surface area (Å²) in [5.74, 6) is -2.65. The van der Waals surface area contributed by atoms with Crippen LogP contribution >= 0.6 is 0 Å². The van der Waals surface area contributed by atoms with E-state index >= 15 is 0 Å². The van der Waals surface area contributed by atoms with Crippen molar-refractivity contribution in [1.29, 1.82) is 0 Å². The van der Waals surface area contributed by atoms with E-state index in [0.717, 1.165) is 0 Å². The maximum Gasteiger partial charge on any atom is 0.347 e. The number of ether oxygens (including phenoxy) is 1. The minimum absolute atomic E-state index is 0.0457. The number of carbonyl (C=O) groups is 2. The van der Waals surface area contributed by atoms with Gasteiger partial charge in [0.25, 0.3) is 0 Å². The molecule has 0 bridgehead atoms. The van der Waals surface area contributed by atoms with E-state index in [-0.39, 0.29) is 22.6 Å². The zero-order valence-electron chi connectivity index (χ0n) is 24.6. The molecule has 0 aliphatic heterocycles. The van der Waals surface area contributed by atoms with E-state index in [1.165, 1.54) is 133 Å². The molecular weight excluding hydrogens is 514 g/mol. The largest absolute Gasteiger partial charge is 0.545 e. The standard InChI is InChI=1S/C21H38N.C14H10O5/c1-2-3-4-5-6-7-8-9-10-11-12-13-14-16-19-22-20-17-15-18-21-22;15-11-7-3-1-5-9(11)14(18)19-12-8-4-2-6-10(12)13(16)17/h15,17-18,20-21H,2-14,16,19H2,1H3;1-8,15H,(H,16,17)/q+1;/p-1. The summed E-state index contributed by atoms with van der Waals surface area (Å²) < 4.78 is 7.25. The summed E-state index contributed by atoms with van der Waals surface area (Å²) >= 11 is 0. The first-order valence-corrected chi connectivity index (χ1v) is 15.3. The van der Waals surface area contributed by atoms with Gasteiger partial charge in [0, 0.05) is 24.1 Å². The van der Waals surface area contributed by atoms with Crippen molar-refractivity contribution in [3.8, 4) is 11.5 Å². The number of nitrogens with zero attached hydrogens (tertiary/aromatic N) is 1. The van der Waals surface area contributed by atoms with Crippen LogP contribution in [0.1, 0.15) is 118 Å². The molecule has 6 nitrogen and oxygen atoms in total. The van der Waals surface area contributed by atoms with E-state index < -0.39 is 11.9 Å². The quantitative estimate of drug-likeness (QED) is 0.0755. The number of hydrogen-bond acceptors (Lipinski definition) is 5. The lowest BCUT2D eigenvalue weighted by atomic mass is 10.0. The third kappa shape index (κ3) is 14.5. The highest BCUT2D eigenvalue weighted by Gasteiger charge is 2.15. The van der Waals surface area contributed by atoms with Crippen molar-refractivity contribution in [2.75, 3.05) is 0 Å². The molecule has 6 heteroatoms. The summed E-state index contributed by atoms with van der Waals surface area (Å²) in [5, 5.41) is 20.4. The number of phenols is 1. The Bertz CT molecular complexity index is 1130. The van der Waals surface area contributed by atoms with Gasteiger partial charge in [-0.2, -0.15) is 0 Å². The summed E-state index contributed by atoms with van der Waals surface area (Å²) in [6.45, 7) is 3.47. The molecule has 0 saturated carbocycles. The third-order valence-electron chi connectivity index (χ3n) is 6.98. The number of carbonyl (C=O) groups excluding carboxylic acids is 2. The highest BCUT2D eigenvalue weighted by atomic mass is 16.5. The Balaban J connectivity index is 0.000000289. The molecule has 0 aliphatic rings. The topological polar surface area (TPSA) is 90.5 Å². The van der Waals surface area contributed by atoms with Crippen molar-refractivity contribution in [1.82, 2.24) is 0 Å². The predicted octanol–water partition coefficient (Wildman–Crippen LogP) is 7.43. The van der Waals surface area contributed by atoms with Gasteiger partial charge in [-0.3, -0.25) is 0 Å². The smallest absolute Gasteiger partial charge is 0.347 e. The molecule has 41 heavy (non-hydrogen) atoms. The van der Waals surface area contributed by atoms with Gasteiger partial charge >= 0.3 is 5.97 Å². The highest BCUT2D eigenvalue weighted by Crippen LogP contribution is 2.22. The highest BCUT2D eigenvalue weighted by molar-refractivity contribution is 5.96. The van der Waals surface area contributed by atoms with Gasteiger partial charge in [0.1, 0.15) is 23.6 Å². The van der Waals surface area contributed by atoms with Crippen LogP contribution in [-0.4, -0.2) is 17.0 Å². The number of para-hydroxylation sites is 2. The number of pyridine rings is 1. The van der Waals surface area contributed by atoms with Crippen molar-refractivity contribution < 1.29 is 29.1 Å². The Labute approximate surface area is 246 Å². The van der Waals surface area contributed by atoms with Crippen LogP contribution in [0.25, 0.3) is 0 Å². The molecule has 3 aromatic rings. The van der Waals surface area contributed by atoms with Crippen LogP contribution in [0.4, 0.5) is 0 Å². The number of esters is 1. The number of rotatable bonds is 18. The number of aromatic nitrogens is 1. The van der Waals surface area contributed by atoms with Gasteiger partial charge in [0.05, 0.1) is 5.97 Å². The van der Waals surface area contributed by atoms with Gasteiger partial charge in [0.15, 0.2) is 12.4 Å². The number of carboxylic acid groups (broad SMARTS) is 1. The fourth-order valence-corrected chi connectivity index (χ4v) is 4.60. The fraction of sp³-hybridized carbons (Fsp3) is 0.457. The molecule has 0 amide bonds. The van der Waals surface area contributed by atoms with E-state index in [4.69, 9.17) is 4.74 Å². The number of phenolic OH excluding ortho intramolecular Hbond substituents is 1. The van der Waals surface area contributed by atoms with E-state index in [9.17, 15) is 19.8 Å². The average molecular weight is 562 g/mol. The van der Waals surface area contributed by atoms with Crippen LogP contribution in [0.5, 0.6) is 11.5 Å². The van der Waals surface area contributed by atoms with E-state index in [0.29, 0.717) is 0 Å². The van der Waals surface area contributed by atoms with Crippen molar-refractivity contribution >= 4 is 11.9 Å². The Morgan fingerprint density at radius 1 is 0.659 bits per heavy atom. The molecule has 0 radical (unpaired) electrons. The number of aromatic carboxylic acids is 1. The van der Waals surface area contributed by atoms with Gasteiger partial charge in [-0.15, -0.1) is 0 Å². The number of aromatic hydroxyl groups is 1. The second kappa shape index (κ2) is 21.1. The maximum atomic E-state index is 11.8. The second-order valence-corrected chi connectivity index (χ2v) is 10.4. The van der Waals surface area contributed by atoms with E-state index in [2.05, 4.69) is 42.1 Å². The fourth-order valence-electron chi connectivity index (χ4n) is 4.60. The Morgan fingerprint density at radius 2 is 1.15 bits per heavy atom. The van der Waals surface area contributed by atoms with Gasteiger partial charge in [-0.1, -0.05) is 114 Å². The van der Waals surface area contributed by atoms with Crippen molar-refractivity contribution in [2.24, 2.45) is 0 Å². The minimum Gasteiger partial charge on any atom is -0.545 e. The lowest BCUT2D eigenvalue weighted by Crippen LogP contribution is -2.32. The van der Waals surface area contributed by atoms with Crippen LogP contribution in [0, 0.1) is 0 Å². The number of aryl methyl sites for hydroxylation is 1. The Kier molecular flexibility index (Phi) is 17.3. The van der Waals surface area contributed by atoms with Gasteiger partial charge < -0.3 is 19.7 Å². The summed E-state index contributed by atoms with van der Waals surface area (Å²) in [7, 11) is 0. The van der Waals surface area contributed by atoms with Crippen LogP contribution in [-0.2, 0) is 6.54 Å². The molecule has 0 unspecified atom stereocenters. The summed E-state index contributed by atoms with van der Waals surface area (Å²) in [6, 6.07) is 17.8. The molecule has 2 aromatic carbocycles. The molecular formula is C35H47NO5. The van der Waals surface area contributed by atoms with Gasteiger partial charge in [-0.25, -0.2) is 9.36 Å². The number of carboxylic acids is 1.